The van der Waals surface area contributed by atoms with E-state index < -0.39 is 6.36 Å². The van der Waals surface area contributed by atoms with Crippen LogP contribution in [0.2, 0.25) is 0 Å². The highest BCUT2D eigenvalue weighted by Gasteiger charge is 2.31. The normalized spacial score (nSPS) is 11.3. The number of benzene rings is 2. The molecule has 33 heavy (non-hydrogen) atoms. The molecule has 176 valence electrons. The van der Waals surface area contributed by atoms with Gasteiger partial charge in [-0.2, -0.15) is 0 Å². The molecule has 1 aromatic heterocycles. The van der Waals surface area contributed by atoms with Gasteiger partial charge in [0.15, 0.2) is 11.0 Å². The zero-order valence-corrected chi connectivity index (χ0v) is 19.2. The minimum atomic E-state index is -4.76. The van der Waals surface area contributed by atoms with E-state index >= 15 is 0 Å². The van der Waals surface area contributed by atoms with E-state index in [2.05, 4.69) is 39.0 Å². The van der Waals surface area contributed by atoms with Gasteiger partial charge in [0.25, 0.3) is 0 Å². The summed E-state index contributed by atoms with van der Waals surface area (Å²) in [5, 5.41) is 11.6. The van der Waals surface area contributed by atoms with E-state index in [-0.39, 0.29) is 17.4 Å². The molecule has 3 rings (SSSR count). The van der Waals surface area contributed by atoms with Crippen molar-refractivity contribution in [3.05, 3.63) is 48.5 Å². The number of amides is 1. The van der Waals surface area contributed by atoms with Gasteiger partial charge in [-0.3, -0.25) is 4.79 Å². The average Bonchev–Trinajstić information content (AvgIpc) is 3.14. The number of anilines is 2. The lowest BCUT2D eigenvalue weighted by Gasteiger charge is -2.21. The van der Waals surface area contributed by atoms with E-state index in [4.69, 9.17) is 0 Å². The quantitative estimate of drug-likeness (QED) is 0.438. The van der Waals surface area contributed by atoms with E-state index in [1.54, 1.807) is 0 Å². The molecule has 0 aliphatic heterocycles. The fourth-order valence-corrected chi connectivity index (χ4v) is 3.88. The Morgan fingerprint density at radius 3 is 2.27 bits per heavy atom. The maximum absolute atomic E-state index is 12.2. The summed E-state index contributed by atoms with van der Waals surface area (Å²) in [4.78, 5) is 14.5. The largest absolute Gasteiger partial charge is 0.573 e. The smallest absolute Gasteiger partial charge is 0.406 e. The Balaban J connectivity index is 1.57. The van der Waals surface area contributed by atoms with Gasteiger partial charge >= 0.3 is 6.36 Å². The summed E-state index contributed by atoms with van der Waals surface area (Å²) in [5.41, 5.74) is 2.41. The number of hydrogen-bond donors (Lipinski definition) is 1. The number of nitrogens with one attached hydrogen (secondary N) is 1. The van der Waals surface area contributed by atoms with Crippen molar-refractivity contribution < 1.29 is 22.7 Å². The average molecular weight is 480 g/mol. The molecule has 1 N–H and O–H groups in total. The minimum Gasteiger partial charge on any atom is -0.406 e. The molecule has 0 fully saturated rings. The SMILES string of the molecule is CCN(CC)c1ccc(-c2nnc(SCC(=O)Nc3ccc(OC(F)(F)F)cc3)n2C)cc1. The van der Waals surface area contributed by atoms with Gasteiger partial charge in [-0.15, -0.1) is 23.4 Å². The van der Waals surface area contributed by atoms with Crippen molar-refractivity contribution in [3.63, 3.8) is 0 Å². The van der Waals surface area contributed by atoms with Crippen LogP contribution in [0.15, 0.2) is 53.7 Å². The highest BCUT2D eigenvalue weighted by atomic mass is 32.2. The molecule has 0 atom stereocenters. The molecule has 0 unspecified atom stereocenters. The summed E-state index contributed by atoms with van der Waals surface area (Å²) >= 11 is 1.21. The van der Waals surface area contributed by atoms with Crippen LogP contribution in [0.25, 0.3) is 11.4 Å². The Morgan fingerprint density at radius 2 is 1.70 bits per heavy atom. The minimum absolute atomic E-state index is 0.0632. The molecule has 0 aliphatic rings. The molecule has 1 amide bonds. The highest BCUT2D eigenvalue weighted by molar-refractivity contribution is 7.99. The van der Waals surface area contributed by atoms with Crippen LogP contribution in [0.3, 0.4) is 0 Å². The molecule has 0 radical (unpaired) electrons. The summed E-state index contributed by atoms with van der Waals surface area (Å²) in [6.45, 7) is 6.07. The molecule has 7 nitrogen and oxygen atoms in total. The first kappa shape index (κ1) is 24.4. The third kappa shape index (κ3) is 6.64. The number of carbonyl (C=O) groups is 1. The van der Waals surface area contributed by atoms with Crippen molar-refractivity contribution in [2.75, 3.05) is 29.1 Å². The Bertz CT molecular complexity index is 1070. The topological polar surface area (TPSA) is 72.3 Å². The van der Waals surface area contributed by atoms with E-state index in [1.165, 1.54) is 23.9 Å². The van der Waals surface area contributed by atoms with E-state index in [9.17, 15) is 18.0 Å². The number of rotatable bonds is 9. The van der Waals surface area contributed by atoms with E-state index in [0.717, 1.165) is 36.5 Å². The zero-order chi connectivity index (χ0) is 24.0. The van der Waals surface area contributed by atoms with Crippen molar-refractivity contribution in [3.8, 4) is 17.1 Å². The maximum Gasteiger partial charge on any atom is 0.573 e. The van der Waals surface area contributed by atoms with Gasteiger partial charge < -0.3 is 19.5 Å². The zero-order valence-electron chi connectivity index (χ0n) is 18.4. The van der Waals surface area contributed by atoms with Crippen LogP contribution in [-0.4, -0.2) is 45.9 Å². The van der Waals surface area contributed by atoms with Crippen molar-refractivity contribution >= 4 is 29.0 Å². The van der Waals surface area contributed by atoms with Crippen molar-refractivity contribution in [2.24, 2.45) is 7.05 Å². The van der Waals surface area contributed by atoms with Crippen LogP contribution >= 0.6 is 11.8 Å². The van der Waals surface area contributed by atoms with Crippen LogP contribution < -0.4 is 15.0 Å². The van der Waals surface area contributed by atoms with Crippen LogP contribution in [0, 0.1) is 0 Å². The predicted octanol–water partition coefficient (Wildman–Crippen LogP) is 4.96. The van der Waals surface area contributed by atoms with Crippen LogP contribution in [-0.2, 0) is 11.8 Å². The standard InChI is InChI=1S/C22H24F3N5O2S/c1-4-30(5-2)17-10-6-15(7-11-17)20-27-28-21(29(20)3)33-14-19(31)26-16-8-12-18(13-9-16)32-22(23,24)25/h6-13H,4-5,14H2,1-3H3,(H,26,31). The van der Waals surface area contributed by atoms with Gasteiger partial charge in [0, 0.05) is 37.1 Å². The Kier molecular flexibility index (Phi) is 7.85. The van der Waals surface area contributed by atoms with Crippen molar-refractivity contribution in [2.45, 2.75) is 25.4 Å². The second kappa shape index (κ2) is 10.6. The number of thioether (sulfide) groups is 1. The van der Waals surface area contributed by atoms with Gasteiger partial charge in [-0.1, -0.05) is 11.8 Å². The molecule has 0 bridgehead atoms. The van der Waals surface area contributed by atoms with Gasteiger partial charge in [-0.25, -0.2) is 0 Å². The highest BCUT2D eigenvalue weighted by Crippen LogP contribution is 2.26. The summed E-state index contributed by atoms with van der Waals surface area (Å²) < 4.78 is 42.3. The summed E-state index contributed by atoms with van der Waals surface area (Å²) in [5.74, 6) is 0.0710. The molecule has 11 heteroatoms. The maximum atomic E-state index is 12.2. The van der Waals surface area contributed by atoms with Crippen LogP contribution in [0.5, 0.6) is 5.75 Å². The van der Waals surface area contributed by atoms with Gasteiger partial charge in [0.05, 0.1) is 5.75 Å². The summed E-state index contributed by atoms with van der Waals surface area (Å²) in [7, 11) is 1.83. The third-order valence-electron chi connectivity index (χ3n) is 4.79. The number of aromatic nitrogens is 3. The molecule has 3 aromatic rings. The molecule has 0 spiro atoms. The number of alkyl halides is 3. The number of hydrogen-bond acceptors (Lipinski definition) is 6. The van der Waals surface area contributed by atoms with Gasteiger partial charge in [-0.05, 0) is 62.4 Å². The van der Waals surface area contributed by atoms with Crippen molar-refractivity contribution in [1.29, 1.82) is 0 Å². The van der Waals surface area contributed by atoms with Crippen LogP contribution in [0.1, 0.15) is 13.8 Å². The first-order valence-electron chi connectivity index (χ1n) is 10.2. The number of ether oxygens (including phenoxy) is 1. The Hall–Kier alpha value is -3.21. The van der Waals surface area contributed by atoms with Crippen molar-refractivity contribution in [1.82, 2.24) is 14.8 Å². The third-order valence-corrected chi connectivity index (χ3v) is 5.81. The lowest BCUT2D eigenvalue weighted by atomic mass is 10.2. The molecule has 0 saturated heterocycles. The summed E-state index contributed by atoms with van der Waals surface area (Å²) in [6, 6.07) is 13.0. The number of carbonyl (C=O) groups excluding carboxylic acids is 1. The Labute approximate surface area is 193 Å². The molecular weight excluding hydrogens is 455 g/mol. The van der Waals surface area contributed by atoms with Gasteiger partial charge in [0.1, 0.15) is 5.75 Å². The molecule has 0 aliphatic carbocycles. The monoisotopic (exact) mass is 479 g/mol. The second-order valence-corrected chi connectivity index (χ2v) is 7.94. The molecule has 2 aromatic carbocycles. The summed E-state index contributed by atoms with van der Waals surface area (Å²) in [6.07, 6.45) is -4.76. The second-order valence-electron chi connectivity index (χ2n) is 6.99. The number of nitrogens with zero attached hydrogens (tertiary/aromatic N) is 4. The fraction of sp³-hybridized carbons (Fsp3) is 0.318. The first-order chi connectivity index (χ1) is 15.7. The number of halogens is 3. The fourth-order valence-electron chi connectivity index (χ4n) is 3.17. The van der Waals surface area contributed by atoms with Crippen LogP contribution in [0.4, 0.5) is 24.5 Å². The first-order valence-corrected chi connectivity index (χ1v) is 11.2. The molecular formula is C22H24F3N5O2S. The molecule has 0 saturated carbocycles. The van der Waals surface area contributed by atoms with E-state index in [0.29, 0.717) is 16.7 Å². The van der Waals surface area contributed by atoms with Gasteiger partial charge in [0.2, 0.25) is 5.91 Å². The lowest BCUT2D eigenvalue weighted by molar-refractivity contribution is -0.274. The lowest BCUT2D eigenvalue weighted by Crippen LogP contribution is -2.21. The van der Waals surface area contributed by atoms with E-state index in [1.807, 2.05) is 35.9 Å². The predicted molar refractivity (Wildman–Crippen MR) is 122 cm³/mol. The molecule has 1 heterocycles. The Morgan fingerprint density at radius 1 is 1.06 bits per heavy atom.